The summed E-state index contributed by atoms with van der Waals surface area (Å²) in [5.74, 6) is -2.54. The number of carboxylic acid groups (broad SMARTS) is 1. The fourth-order valence-electron chi connectivity index (χ4n) is 1.22. The fourth-order valence-corrected chi connectivity index (χ4v) is 1.22. The Hall–Kier alpha value is -1.91. The first-order valence-corrected chi connectivity index (χ1v) is 4.22. The number of amides is 1. The fraction of sp³-hybridized carbons (Fsp3) is 0.200. The van der Waals surface area contributed by atoms with Crippen molar-refractivity contribution in [3.8, 4) is 0 Å². The highest BCUT2D eigenvalue weighted by Gasteiger charge is 2.09. The molecule has 0 aliphatic heterocycles. The van der Waals surface area contributed by atoms with Crippen LogP contribution in [0.2, 0.25) is 0 Å². The molecule has 0 aromatic heterocycles. The molecule has 5 heteroatoms. The van der Waals surface area contributed by atoms with Crippen LogP contribution in [0.5, 0.6) is 0 Å². The number of aliphatic carboxylic acids is 1. The van der Waals surface area contributed by atoms with Crippen LogP contribution >= 0.6 is 0 Å². The molecular weight excluding hydrogens is 201 g/mol. The molecule has 1 aromatic rings. The lowest BCUT2D eigenvalue weighted by atomic mass is 10.1. The van der Waals surface area contributed by atoms with Crippen molar-refractivity contribution >= 4 is 11.9 Å². The number of carbonyl (C=O) groups excluding carboxylic acids is 1. The topological polar surface area (TPSA) is 78.2 Å². The maximum atomic E-state index is 13.1. The molecule has 1 radical (unpaired) electrons. The summed E-state index contributed by atoms with van der Waals surface area (Å²) >= 11 is 0. The number of halogens is 1. The standard InChI is InChI=1S/C10H9FNO3/c11-8-2-1-6(4-9(12)13)3-7(8)5-10(14)15/h1-3,12H,4-5H2,(H,14,15). The molecular formula is C10H9FNO3. The minimum atomic E-state index is -1.14. The van der Waals surface area contributed by atoms with Crippen LogP contribution in [0.15, 0.2) is 18.2 Å². The van der Waals surface area contributed by atoms with Gasteiger partial charge in [0.15, 0.2) is 0 Å². The van der Waals surface area contributed by atoms with Gasteiger partial charge in [0.25, 0.3) is 0 Å². The molecule has 2 N–H and O–H groups in total. The number of carbonyl (C=O) groups is 2. The number of benzene rings is 1. The lowest BCUT2D eigenvalue weighted by molar-refractivity contribution is -0.136. The van der Waals surface area contributed by atoms with E-state index in [0.29, 0.717) is 5.56 Å². The van der Waals surface area contributed by atoms with Gasteiger partial charge in [0, 0.05) is 0 Å². The van der Waals surface area contributed by atoms with Crippen LogP contribution in [0.4, 0.5) is 4.39 Å². The van der Waals surface area contributed by atoms with Crippen LogP contribution in [0.25, 0.3) is 0 Å². The van der Waals surface area contributed by atoms with Gasteiger partial charge in [-0.1, -0.05) is 12.1 Å². The van der Waals surface area contributed by atoms with Gasteiger partial charge in [-0.25, -0.2) is 4.39 Å². The largest absolute Gasteiger partial charge is 0.481 e. The maximum absolute atomic E-state index is 13.1. The van der Waals surface area contributed by atoms with Crippen molar-refractivity contribution in [3.63, 3.8) is 0 Å². The number of nitrogens with one attached hydrogen (secondary N) is 1. The van der Waals surface area contributed by atoms with Crippen molar-refractivity contribution < 1.29 is 19.1 Å². The Bertz CT molecular complexity index is 404. The average Bonchev–Trinajstić information content (AvgIpc) is 2.09. The molecule has 0 heterocycles. The summed E-state index contributed by atoms with van der Waals surface area (Å²) in [6.45, 7) is 0. The summed E-state index contributed by atoms with van der Waals surface area (Å²) < 4.78 is 13.1. The number of rotatable bonds is 4. The van der Waals surface area contributed by atoms with Gasteiger partial charge in [0.1, 0.15) is 5.82 Å². The Morgan fingerprint density at radius 2 is 2.00 bits per heavy atom. The lowest BCUT2D eigenvalue weighted by Crippen LogP contribution is -2.06. The van der Waals surface area contributed by atoms with E-state index < -0.39 is 24.1 Å². The molecule has 0 bridgehead atoms. The maximum Gasteiger partial charge on any atom is 0.307 e. The van der Waals surface area contributed by atoms with Crippen LogP contribution in [-0.4, -0.2) is 17.0 Å². The first-order chi connectivity index (χ1) is 6.99. The Balaban J connectivity index is 2.94. The second-order valence-corrected chi connectivity index (χ2v) is 3.10. The van der Waals surface area contributed by atoms with E-state index in [4.69, 9.17) is 10.8 Å². The number of hydrogen-bond acceptors (Lipinski definition) is 2. The van der Waals surface area contributed by atoms with Crippen LogP contribution in [0.1, 0.15) is 11.1 Å². The zero-order valence-corrected chi connectivity index (χ0v) is 7.79. The van der Waals surface area contributed by atoms with Crippen molar-refractivity contribution in [1.29, 1.82) is 0 Å². The molecule has 0 spiro atoms. The molecule has 15 heavy (non-hydrogen) atoms. The minimum absolute atomic E-state index is 0.0289. The summed E-state index contributed by atoms with van der Waals surface area (Å²) in [4.78, 5) is 20.9. The van der Waals surface area contributed by atoms with Gasteiger partial charge in [-0.05, 0) is 17.2 Å². The van der Waals surface area contributed by atoms with Crippen molar-refractivity contribution in [2.75, 3.05) is 0 Å². The van der Waals surface area contributed by atoms with Gasteiger partial charge in [-0.2, -0.15) is 0 Å². The van der Waals surface area contributed by atoms with Crippen molar-refractivity contribution in [1.82, 2.24) is 5.73 Å². The molecule has 79 valence electrons. The van der Waals surface area contributed by atoms with Crippen LogP contribution in [0, 0.1) is 5.82 Å². The molecule has 0 atom stereocenters. The predicted octanol–water partition coefficient (Wildman–Crippen LogP) is 0.805. The monoisotopic (exact) mass is 210 g/mol. The van der Waals surface area contributed by atoms with Gasteiger partial charge in [0.05, 0.1) is 12.8 Å². The van der Waals surface area contributed by atoms with E-state index in [1.807, 2.05) is 0 Å². The van der Waals surface area contributed by atoms with E-state index in [0.717, 1.165) is 6.07 Å². The highest BCUT2D eigenvalue weighted by Crippen LogP contribution is 2.12. The van der Waals surface area contributed by atoms with Gasteiger partial charge in [0.2, 0.25) is 5.91 Å². The zero-order chi connectivity index (χ0) is 11.4. The molecule has 0 unspecified atom stereocenters. The third-order valence-electron chi connectivity index (χ3n) is 1.82. The summed E-state index contributed by atoms with van der Waals surface area (Å²) in [5, 5.41) is 8.49. The minimum Gasteiger partial charge on any atom is -0.481 e. The lowest BCUT2D eigenvalue weighted by Gasteiger charge is -2.02. The predicted molar refractivity (Wildman–Crippen MR) is 49.5 cm³/mol. The molecule has 1 aromatic carbocycles. The van der Waals surface area contributed by atoms with E-state index in [2.05, 4.69) is 0 Å². The Kier molecular flexibility index (Phi) is 3.38. The van der Waals surface area contributed by atoms with Gasteiger partial charge >= 0.3 is 5.97 Å². The molecule has 0 aliphatic carbocycles. The summed E-state index contributed by atoms with van der Waals surface area (Å²) in [7, 11) is 0. The van der Waals surface area contributed by atoms with Crippen molar-refractivity contribution in [3.05, 3.63) is 35.1 Å². The van der Waals surface area contributed by atoms with E-state index in [9.17, 15) is 14.0 Å². The first kappa shape index (κ1) is 11.2. The molecule has 0 fully saturated rings. The Morgan fingerprint density at radius 1 is 1.33 bits per heavy atom. The Morgan fingerprint density at radius 3 is 2.53 bits per heavy atom. The average molecular weight is 210 g/mol. The van der Waals surface area contributed by atoms with Crippen LogP contribution in [-0.2, 0) is 22.4 Å². The molecule has 4 nitrogen and oxygen atoms in total. The molecule has 0 saturated heterocycles. The quantitative estimate of drug-likeness (QED) is 0.798. The highest BCUT2D eigenvalue weighted by molar-refractivity contribution is 5.76. The molecule has 0 aliphatic rings. The summed E-state index contributed by atoms with van der Waals surface area (Å²) in [5.41, 5.74) is 7.21. The molecule has 1 rings (SSSR count). The second kappa shape index (κ2) is 4.54. The van der Waals surface area contributed by atoms with E-state index in [1.54, 1.807) is 0 Å². The van der Waals surface area contributed by atoms with E-state index in [1.165, 1.54) is 12.1 Å². The molecule has 1 amide bonds. The number of carboxylic acids is 1. The van der Waals surface area contributed by atoms with Crippen LogP contribution in [0.3, 0.4) is 0 Å². The number of hydrogen-bond donors (Lipinski definition) is 1. The summed E-state index contributed by atoms with van der Waals surface area (Å²) in [6, 6.07) is 3.78. The second-order valence-electron chi connectivity index (χ2n) is 3.10. The Labute approximate surface area is 85.5 Å². The smallest absolute Gasteiger partial charge is 0.307 e. The van der Waals surface area contributed by atoms with Crippen molar-refractivity contribution in [2.45, 2.75) is 12.8 Å². The normalized spacial score (nSPS) is 9.93. The first-order valence-electron chi connectivity index (χ1n) is 4.22. The van der Waals surface area contributed by atoms with Crippen LogP contribution < -0.4 is 5.73 Å². The van der Waals surface area contributed by atoms with Crippen molar-refractivity contribution in [2.24, 2.45) is 0 Å². The molecule has 0 saturated carbocycles. The van der Waals surface area contributed by atoms with E-state index in [-0.39, 0.29) is 12.0 Å². The van der Waals surface area contributed by atoms with E-state index >= 15 is 0 Å². The van der Waals surface area contributed by atoms with Gasteiger partial charge in [-0.3, -0.25) is 15.3 Å². The highest BCUT2D eigenvalue weighted by atomic mass is 19.1. The van der Waals surface area contributed by atoms with Gasteiger partial charge < -0.3 is 5.11 Å². The SMILES string of the molecule is [NH]C(=O)Cc1ccc(F)c(CC(=O)O)c1. The summed E-state index contributed by atoms with van der Waals surface area (Å²) in [6.07, 6.45) is -0.557. The zero-order valence-electron chi connectivity index (χ0n) is 7.79. The van der Waals surface area contributed by atoms with Gasteiger partial charge in [-0.15, -0.1) is 0 Å². The third kappa shape index (κ3) is 3.38. The third-order valence-corrected chi connectivity index (χ3v) is 1.82.